The quantitative estimate of drug-likeness (QED) is 0.206. The van der Waals surface area contributed by atoms with E-state index in [-0.39, 0.29) is 35.4 Å². The van der Waals surface area contributed by atoms with Crippen LogP contribution in [-0.2, 0) is 34.1 Å². The zero-order chi connectivity index (χ0) is 28.8. The maximum Gasteiger partial charge on any atom is 0.277 e. The van der Waals surface area contributed by atoms with Gasteiger partial charge in [-0.15, -0.1) is 0 Å². The van der Waals surface area contributed by atoms with E-state index in [1.807, 2.05) is 30.3 Å². The van der Waals surface area contributed by atoms with Crippen molar-refractivity contribution in [3.8, 4) is 11.4 Å². The summed E-state index contributed by atoms with van der Waals surface area (Å²) in [5.41, 5.74) is 3.33. The number of carbonyl (C=O) groups excluding carboxylic acids is 1. The number of aromatic nitrogens is 4. The number of nitrogens with one attached hydrogen (secondary N) is 3. The molecule has 5 aromatic rings. The van der Waals surface area contributed by atoms with Crippen molar-refractivity contribution in [2.24, 2.45) is 0 Å². The second kappa shape index (κ2) is 12.2. The van der Waals surface area contributed by atoms with Crippen LogP contribution in [0.15, 0.2) is 95.0 Å². The number of benzene rings is 2. The first kappa shape index (κ1) is 27.8. The van der Waals surface area contributed by atoms with Crippen molar-refractivity contribution < 1.29 is 13.2 Å². The largest absolute Gasteiger partial charge is 0.379 e. The van der Waals surface area contributed by atoms with E-state index in [2.05, 4.69) is 37.7 Å². The molecule has 0 saturated carbocycles. The number of fused-ring (bicyclic) bond motifs is 1. The summed E-state index contributed by atoms with van der Waals surface area (Å²) in [5.74, 6) is -0.113. The van der Waals surface area contributed by atoms with E-state index in [1.165, 1.54) is 28.5 Å². The summed E-state index contributed by atoms with van der Waals surface area (Å²) in [7, 11) is -3.39. The number of sulfone groups is 1. The van der Waals surface area contributed by atoms with Gasteiger partial charge in [-0.25, -0.2) is 13.4 Å². The van der Waals surface area contributed by atoms with Crippen molar-refractivity contribution in [2.75, 3.05) is 18.1 Å². The molecule has 0 fully saturated rings. The molecule has 2 aromatic carbocycles. The Hall–Kier alpha value is -4.77. The van der Waals surface area contributed by atoms with Gasteiger partial charge in [0.2, 0.25) is 5.91 Å². The number of H-pyrrole nitrogens is 1. The van der Waals surface area contributed by atoms with Gasteiger partial charge >= 0.3 is 0 Å². The zero-order valence-electron chi connectivity index (χ0n) is 22.5. The molecule has 0 saturated heterocycles. The van der Waals surface area contributed by atoms with Gasteiger partial charge in [-0.05, 0) is 54.8 Å². The van der Waals surface area contributed by atoms with Gasteiger partial charge in [0.1, 0.15) is 18.1 Å². The molecule has 210 valence electrons. The molecule has 0 spiro atoms. The first-order valence-corrected chi connectivity index (χ1v) is 15.0. The van der Waals surface area contributed by atoms with E-state index < -0.39 is 15.4 Å². The SMILES string of the molecule is CS(=O)(=O)c1ccc(-c2ncc(NCCCc3ccccc3)c(=O)n2CC(=O)NCc2cc3cnccc3[nH]2)cc1. The molecule has 5 rings (SSSR count). The van der Waals surface area contributed by atoms with Crippen molar-refractivity contribution in [2.45, 2.75) is 30.8 Å². The van der Waals surface area contributed by atoms with Gasteiger partial charge in [0, 0.05) is 47.4 Å². The summed E-state index contributed by atoms with van der Waals surface area (Å²) < 4.78 is 25.1. The van der Waals surface area contributed by atoms with Gasteiger partial charge in [0.05, 0.1) is 17.6 Å². The molecule has 11 heteroatoms. The number of aryl methyl sites for hydroxylation is 1. The van der Waals surface area contributed by atoms with Gasteiger partial charge in [0.25, 0.3) is 5.56 Å². The predicted octanol–water partition coefficient (Wildman–Crippen LogP) is 3.55. The van der Waals surface area contributed by atoms with E-state index in [4.69, 9.17) is 0 Å². The number of nitrogens with zero attached hydrogens (tertiary/aromatic N) is 3. The first-order valence-electron chi connectivity index (χ1n) is 13.1. The van der Waals surface area contributed by atoms with Gasteiger partial charge in [-0.3, -0.25) is 19.1 Å². The minimum Gasteiger partial charge on any atom is -0.379 e. The van der Waals surface area contributed by atoms with Crippen molar-refractivity contribution in [1.82, 2.24) is 24.8 Å². The lowest BCUT2D eigenvalue weighted by molar-refractivity contribution is -0.121. The normalized spacial score (nSPS) is 11.4. The van der Waals surface area contributed by atoms with Crippen LogP contribution in [0.25, 0.3) is 22.3 Å². The molecule has 3 heterocycles. The fourth-order valence-electron chi connectivity index (χ4n) is 4.52. The Morgan fingerprint density at radius 3 is 2.54 bits per heavy atom. The fourth-order valence-corrected chi connectivity index (χ4v) is 5.15. The summed E-state index contributed by atoms with van der Waals surface area (Å²) in [6, 6.07) is 19.9. The summed E-state index contributed by atoms with van der Waals surface area (Å²) in [4.78, 5) is 38.6. The Bertz CT molecular complexity index is 1800. The molecule has 0 aliphatic carbocycles. The van der Waals surface area contributed by atoms with Crippen LogP contribution in [0.2, 0.25) is 0 Å². The average molecular weight is 571 g/mol. The smallest absolute Gasteiger partial charge is 0.277 e. The lowest BCUT2D eigenvalue weighted by atomic mass is 10.1. The standard InChI is InChI=1S/C30H30N6O4S/c1-41(39,40)25-11-9-22(10-12-25)29-34-19-27(32-14-5-8-21-6-3-2-4-7-21)30(38)36(29)20-28(37)33-18-24-16-23-17-31-15-13-26(23)35-24/h2-4,6-7,9-13,15-17,19,32,35H,5,8,14,18,20H2,1H3,(H,33,37). The summed E-state index contributed by atoms with van der Waals surface area (Å²) >= 11 is 0. The van der Waals surface area contributed by atoms with E-state index in [1.54, 1.807) is 24.5 Å². The number of carbonyl (C=O) groups is 1. The van der Waals surface area contributed by atoms with Crippen molar-refractivity contribution in [1.29, 1.82) is 0 Å². The number of hydrogen-bond acceptors (Lipinski definition) is 7. The van der Waals surface area contributed by atoms with Crippen molar-refractivity contribution >= 4 is 32.3 Å². The highest BCUT2D eigenvalue weighted by atomic mass is 32.2. The van der Waals surface area contributed by atoms with Crippen LogP contribution in [0.4, 0.5) is 5.69 Å². The Morgan fingerprint density at radius 1 is 1.02 bits per heavy atom. The van der Waals surface area contributed by atoms with Gasteiger partial charge in [-0.1, -0.05) is 30.3 Å². The monoisotopic (exact) mass is 570 g/mol. The third kappa shape index (κ3) is 6.87. The Morgan fingerprint density at radius 2 is 1.80 bits per heavy atom. The number of hydrogen-bond donors (Lipinski definition) is 3. The Balaban J connectivity index is 1.35. The molecule has 0 aliphatic rings. The van der Waals surface area contributed by atoms with Crippen LogP contribution in [0, 0.1) is 0 Å². The predicted molar refractivity (Wildman–Crippen MR) is 158 cm³/mol. The molecular weight excluding hydrogens is 540 g/mol. The molecule has 10 nitrogen and oxygen atoms in total. The van der Waals surface area contributed by atoms with Crippen LogP contribution in [0.1, 0.15) is 17.7 Å². The van der Waals surface area contributed by atoms with Gasteiger partial charge in [-0.2, -0.15) is 0 Å². The second-order valence-corrected chi connectivity index (χ2v) is 11.7. The number of anilines is 1. The van der Waals surface area contributed by atoms with E-state index >= 15 is 0 Å². The lowest BCUT2D eigenvalue weighted by Gasteiger charge is -2.15. The van der Waals surface area contributed by atoms with Gasteiger partial charge in [0.15, 0.2) is 9.84 Å². The van der Waals surface area contributed by atoms with Crippen LogP contribution >= 0.6 is 0 Å². The van der Waals surface area contributed by atoms with Crippen LogP contribution < -0.4 is 16.2 Å². The minimum absolute atomic E-state index is 0.151. The maximum absolute atomic E-state index is 13.6. The molecular formula is C30H30N6O4S. The summed E-state index contributed by atoms with van der Waals surface area (Å²) in [6.45, 7) is 0.525. The first-order chi connectivity index (χ1) is 19.8. The molecule has 0 atom stereocenters. The number of amides is 1. The molecule has 41 heavy (non-hydrogen) atoms. The Kier molecular flexibility index (Phi) is 8.25. The molecule has 3 aromatic heterocycles. The molecule has 1 amide bonds. The second-order valence-electron chi connectivity index (χ2n) is 9.73. The fraction of sp³-hybridized carbons (Fsp3) is 0.200. The third-order valence-corrected chi connectivity index (χ3v) is 7.77. The zero-order valence-corrected chi connectivity index (χ0v) is 23.3. The molecule has 3 N–H and O–H groups in total. The van der Waals surface area contributed by atoms with Crippen LogP contribution in [0.3, 0.4) is 0 Å². The molecule has 0 bridgehead atoms. The molecule has 0 unspecified atom stereocenters. The minimum atomic E-state index is -3.39. The summed E-state index contributed by atoms with van der Waals surface area (Å²) in [5, 5.41) is 6.95. The van der Waals surface area contributed by atoms with E-state index in [0.29, 0.717) is 12.1 Å². The van der Waals surface area contributed by atoms with Gasteiger partial charge < -0.3 is 15.6 Å². The van der Waals surface area contributed by atoms with Crippen LogP contribution in [-0.4, -0.2) is 46.6 Å². The van der Waals surface area contributed by atoms with E-state index in [0.717, 1.165) is 35.7 Å². The number of pyridine rings is 1. The van der Waals surface area contributed by atoms with Crippen LogP contribution in [0.5, 0.6) is 0 Å². The molecule has 0 aliphatic heterocycles. The average Bonchev–Trinajstić information content (AvgIpc) is 3.39. The maximum atomic E-state index is 13.6. The highest BCUT2D eigenvalue weighted by molar-refractivity contribution is 7.90. The molecule has 0 radical (unpaired) electrons. The highest BCUT2D eigenvalue weighted by Crippen LogP contribution is 2.20. The Labute approximate surface area is 237 Å². The number of rotatable bonds is 11. The highest BCUT2D eigenvalue weighted by Gasteiger charge is 2.16. The topological polar surface area (TPSA) is 139 Å². The number of aromatic amines is 1. The lowest BCUT2D eigenvalue weighted by Crippen LogP contribution is -2.34. The summed E-state index contributed by atoms with van der Waals surface area (Å²) in [6.07, 6.45) is 7.67. The van der Waals surface area contributed by atoms with Crippen molar-refractivity contribution in [3.63, 3.8) is 0 Å². The van der Waals surface area contributed by atoms with Crippen molar-refractivity contribution in [3.05, 3.63) is 107 Å². The third-order valence-electron chi connectivity index (χ3n) is 6.64. The van der Waals surface area contributed by atoms with E-state index in [9.17, 15) is 18.0 Å².